The number of halogens is 1. The molecule has 0 spiro atoms. The van der Waals surface area contributed by atoms with Crippen LogP contribution in [0.1, 0.15) is 18.9 Å². The summed E-state index contributed by atoms with van der Waals surface area (Å²) in [7, 11) is 1.99. The molecule has 1 fully saturated rings. The van der Waals surface area contributed by atoms with Crippen molar-refractivity contribution in [1.82, 2.24) is 19.6 Å². The first-order chi connectivity index (χ1) is 15.8. The third-order valence-electron chi connectivity index (χ3n) is 5.90. The largest absolute Gasteiger partial charge is 0.354 e. The number of hydrogen-bond acceptors (Lipinski definition) is 6. The predicted molar refractivity (Wildman–Crippen MR) is 133 cm³/mol. The third kappa shape index (κ3) is 4.29. The second-order valence-electron chi connectivity index (χ2n) is 9.00. The van der Waals surface area contributed by atoms with Crippen LogP contribution in [0.5, 0.6) is 0 Å². The molecule has 4 heterocycles. The van der Waals surface area contributed by atoms with E-state index >= 15 is 0 Å². The van der Waals surface area contributed by atoms with Gasteiger partial charge in [-0.2, -0.15) is 0 Å². The van der Waals surface area contributed by atoms with Crippen molar-refractivity contribution in [1.29, 1.82) is 0 Å². The maximum absolute atomic E-state index is 6.32. The molecule has 0 radical (unpaired) electrons. The van der Waals surface area contributed by atoms with Gasteiger partial charge in [0.25, 0.3) is 0 Å². The molecule has 1 aliphatic rings. The number of imidazole rings is 1. The molecule has 3 aromatic heterocycles. The van der Waals surface area contributed by atoms with Gasteiger partial charge < -0.3 is 15.5 Å². The Balaban J connectivity index is 1.41. The van der Waals surface area contributed by atoms with Gasteiger partial charge >= 0.3 is 0 Å². The molecule has 1 unspecified atom stereocenters. The van der Waals surface area contributed by atoms with Crippen molar-refractivity contribution in [3.8, 4) is 11.3 Å². The number of nitrogens with zero attached hydrogens (tertiary/aromatic N) is 6. The standard InChI is InChI=1S/C25H26ClN7/c1-17-11-25(2,27)16-32(17)21-6-4-19(5-7-21)22-14-29-23-8-9-24(30-33(22)23)31(3)15-18-10-20(26)13-28-12-18/h4-10,12-14H,1,11,15-16,27H2,2-3H3. The highest BCUT2D eigenvalue weighted by atomic mass is 35.5. The number of anilines is 2. The lowest BCUT2D eigenvalue weighted by atomic mass is 10.0. The Hall–Kier alpha value is -3.42. The van der Waals surface area contributed by atoms with Gasteiger partial charge in [0, 0.05) is 61.4 Å². The van der Waals surface area contributed by atoms with Gasteiger partial charge in [-0.05, 0) is 42.8 Å². The zero-order valence-electron chi connectivity index (χ0n) is 18.7. The highest BCUT2D eigenvalue weighted by Gasteiger charge is 2.33. The van der Waals surface area contributed by atoms with E-state index in [4.69, 9.17) is 22.4 Å². The van der Waals surface area contributed by atoms with E-state index < -0.39 is 0 Å². The van der Waals surface area contributed by atoms with Crippen LogP contribution in [0.15, 0.2) is 73.3 Å². The first-order valence-electron chi connectivity index (χ1n) is 10.8. The average molecular weight is 460 g/mol. The normalized spacial score (nSPS) is 18.3. The molecule has 4 aromatic rings. The summed E-state index contributed by atoms with van der Waals surface area (Å²) in [6.07, 6.45) is 6.10. The van der Waals surface area contributed by atoms with Crippen LogP contribution in [0.3, 0.4) is 0 Å². The Labute approximate surface area is 198 Å². The molecule has 1 saturated heterocycles. The van der Waals surface area contributed by atoms with E-state index in [9.17, 15) is 0 Å². The summed E-state index contributed by atoms with van der Waals surface area (Å²) < 4.78 is 1.88. The summed E-state index contributed by atoms with van der Waals surface area (Å²) in [5.74, 6) is 0.828. The summed E-state index contributed by atoms with van der Waals surface area (Å²) in [4.78, 5) is 12.9. The van der Waals surface area contributed by atoms with Gasteiger partial charge in [0.15, 0.2) is 5.65 Å². The average Bonchev–Trinajstić information content (AvgIpc) is 3.32. The molecule has 1 atom stereocenters. The molecule has 168 valence electrons. The Bertz CT molecular complexity index is 1330. The fourth-order valence-corrected chi connectivity index (χ4v) is 4.53. The second kappa shape index (κ2) is 8.17. The Kier molecular flexibility index (Phi) is 5.31. The summed E-state index contributed by atoms with van der Waals surface area (Å²) in [5, 5.41) is 5.47. The Morgan fingerprint density at radius 1 is 1.15 bits per heavy atom. The van der Waals surface area contributed by atoms with Crippen molar-refractivity contribution < 1.29 is 0 Å². The molecule has 1 aliphatic heterocycles. The van der Waals surface area contributed by atoms with Crippen molar-refractivity contribution in [3.63, 3.8) is 0 Å². The van der Waals surface area contributed by atoms with Crippen LogP contribution in [-0.4, -0.2) is 38.7 Å². The van der Waals surface area contributed by atoms with Crippen molar-refractivity contribution in [2.45, 2.75) is 25.4 Å². The number of pyridine rings is 1. The van der Waals surface area contributed by atoms with Crippen molar-refractivity contribution >= 4 is 28.8 Å². The minimum Gasteiger partial charge on any atom is -0.354 e. The van der Waals surface area contributed by atoms with Crippen LogP contribution in [0.4, 0.5) is 11.5 Å². The van der Waals surface area contributed by atoms with Gasteiger partial charge in [-0.3, -0.25) is 4.98 Å². The molecule has 5 rings (SSSR count). The molecule has 0 aliphatic carbocycles. The zero-order valence-corrected chi connectivity index (χ0v) is 19.5. The lowest BCUT2D eigenvalue weighted by Crippen LogP contribution is -2.39. The lowest BCUT2D eigenvalue weighted by molar-refractivity contribution is 0.531. The SMILES string of the molecule is C=C1CC(C)(N)CN1c1ccc(-c2cnc3ccc(N(C)Cc4cncc(Cl)c4)nn23)cc1. The quantitative estimate of drug-likeness (QED) is 0.472. The van der Waals surface area contributed by atoms with E-state index in [1.165, 1.54) is 0 Å². The minimum atomic E-state index is -0.245. The zero-order chi connectivity index (χ0) is 23.2. The molecular formula is C25H26ClN7. The number of aromatic nitrogens is 4. The smallest absolute Gasteiger partial charge is 0.154 e. The van der Waals surface area contributed by atoms with Crippen LogP contribution in [-0.2, 0) is 6.54 Å². The summed E-state index contributed by atoms with van der Waals surface area (Å²) in [5.41, 5.74) is 12.0. The van der Waals surface area contributed by atoms with Gasteiger partial charge in [-0.15, -0.1) is 5.10 Å². The molecule has 0 bridgehead atoms. The third-order valence-corrected chi connectivity index (χ3v) is 6.11. The van der Waals surface area contributed by atoms with Crippen molar-refractivity contribution in [2.24, 2.45) is 5.73 Å². The van der Waals surface area contributed by atoms with Gasteiger partial charge in [0.1, 0.15) is 5.82 Å². The van der Waals surface area contributed by atoms with E-state index in [2.05, 4.69) is 57.5 Å². The van der Waals surface area contributed by atoms with E-state index in [0.717, 1.165) is 52.6 Å². The molecule has 7 nitrogen and oxygen atoms in total. The van der Waals surface area contributed by atoms with Gasteiger partial charge in [-0.1, -0.05) is 30.3 Å². The number of fused-ring (bicyclic) bond motifs is 1. The summed E-state index contributed by atoms with van der Waals surface area (Å²) >= 11 is 6.08. The molecule has 0 saturated carbocycles. The molecule has 33 heavy (non-hydrogen) atoms. The highest BCUT2D eigenvalue weighted by molar-refractivity contribution is 6.30. The van der Waals surface area contributed by atoms with Crippen LogP contribution in [0.25, 0.3) is 16.9 Å². The number of rotatable bonds is 5. The fourth-order valence-electron chi connectivity index (χ4n) is 4.34. The molecule has 2 N–H and O–H groups in total. The van der Waals surface area contributed by atoms with E-state index in [1.807, 2.05) is 42.2 Å². The molecule has 1 aromatic carbocycles. The van der Waals surface area contributed by atoms with Gasteiger partial charge in [0.2, 0.25) is 0 Å². The van der Waals surface area contributed by atoms with Crippen molar-refractivity contribution in [3.05, 3.63) is 83.9 Å². The fraction of sp³-hybridized carbons (Fsp3) is 0.240. The maximum Gasteiger partial charge on any atom is 0.154 e. The molecule has 8 heteroatoms. The monoisotopic (exact) mass is 459 g/mol. The van der Waals surface area contributed by atoms with Gasteiger partial charge in [0.05, 0.1) is 16.9 Å². The van der Waals surface area contributed by atoms with Crippen molar-refractivity contribution in [2.75, 3.05) is 23.4 Å². The first-order valence-corrected chi connectivity index (χ1v) is 11.2. The Morgan fingerprint density at radius 3 is 2.64 bits per heavy atom. The van der Waals surface area contributed by atoms with Crippen LogP contribution >= 0.6 is 11.6 Å². The minimum absolute atomic E-state index is 0.245. The van der Waals surface area contributed by atoms with Crippen LogP contribution < -0.4 is 15.5 Å². The topological polar surface area (TPSA) is 75.6 Å². The first kappa shape index (κ1) is 21.4. The van der Waals surface area contributed by atoms with E-state index in [1.54, 1.807) is 6.20 Å². The summed E-state index contributed by atoms with van der Waals surface area (Å²) in [6.45, 7) is 7.66. The molecular weight excluding hydrogens is 434 g/mol. The maximum atomic E-state index is 6.32. The van der Waals surface area contributed by atoms with E-state index in [-0.39, 0.29) is 5.54 Å². The number of benzene rings is 1. The summed E-state index contributed by atoms with van der Waals surface area (Å²) in [6, 6.07) is 14.2. The lowest BCUT2D eigenvalue weighted by Gasteiger charge is -2.22. The van der Waals surface area contributed by atoms with Crippen LogP contribution in [0.2, 0.25) is 5.02 Å². The second-order valence-corrected chi connectivity index (χ2v) is 9.44. The molecule has 0 amide bonds. The van der Waals surface area contributed by atoms with Gasteiger partial charge in [-0.25, -0.2) is 9.50 Å². The predicted octanol–water partition coefficient (Wildman–Crippen LogP) is 4.52. The highest BCUT2D eigenvalue weighted by Crippen LogP contribution is 2.33. The van der Waals surface area contributed by atoms with Crippen LogP contribution in [0, 0.1) is 0 Å². The Morgan fingerprint density at radius 2 is 1.94 bits per heavy atom. The number of hydrogen-bond donors (Lipinski definition) is 1. The number of nitrogens with two attached hydrogens (primary N) is 1. The van der Waals surface area contributed by atoms with E-state index in [0.29, 0.717) is 11.6 Å².